The summed E-state index contributed by atoms with van der Waals surface area (Å²) >= 11 is 0. The Balaban J connectivity index is 1.49. The van der Waals surface area contributed by atoms with Gasteiger partial charge in [0.2, 0.25) is 17.7 Å². The molecule has 7 heteroatoms. The fourth-order valence-corrected chi connectivity index (χ4v) is 3.72. The van der Waals surface area contributed by atoms with Gasteiger partial charge in [0.25, 0.3) is 0 Å². The number of carbonyl (C=O) groups is 2. The first-order valence-corrected chi connectivity index (χ1v) is 8.92. The molecular formula is C17H26N4O3. The van der Waals surface area contributed by atoms with Crippen molar-refractivity contribution in [1.82, 2.24) is 19.9 Å². The fraction of sp³-hybridized carbons (Fsp3) is 0.765. The zero-order valence-corrected chi connectivity index (χ0v) is 14.5. The summed E-state index contributed by atoms with van der Waals surface area (Å²) in [6, 6.07) is 0. The number of aromatic nitrogens is 2. The first-order chi connectivity index (χ1) is 11.6. The van der Waals surface area contributed by atoms with Crippen LogP contribution in [0.5, 0.6) is 0 Å². The first kappa shape index (κ1) is 16.9. The second-order valence-corrected chi connectivity index (χ2v) is 6.87. The lowest BCUT2D eigenvalue weighted by Crippen LogP contribution is -2.48. The molecule has 7 nitrogen and oxygen atoms in total. The molecule has 2 aliphatic heterocycles. The van der Waals surface area contributed by atoms with Crippen molar-refractivity contribution in [3.8, 4) is 0 Å². The number of amides is 2. The van der Waals surface area contributed by atoms with Crippen molar-refractivity contribution >= 4 is 11.8 Å². The monoisotopic (exact) mass is 334 g/mol. The predicted molar refractivity (Wildman–Crippen MR) is 87.0 cm³/mol. The maximum atomic E-state index is 12.7. The van der Waals surface area contributed by atoms with E-state index in [4.69, 9.17) is 4.52 Å². The normalized spacial score (nSPS) is 22.9. The van der Waals surface area contributed by atoms with Crippen LogP contribution in [-0.4, -0.2) is 57.9 Å². The van der Waals surface area contributed by atoms with Crippen LogP contribution in [-0.2, 0) is 16.0 Å². The van der Waals surface area contributed by atoms with Gasteiger partial charge < -0.3 is 14.3 Å². The van der Waals surface area contributed by atoms with Crippen LogP contribution in [0.1, 0.15) is 44.3 Å². The van der Waals surface area contributed by atoms with Gasteiger partial charge in [0.1, 0.15) is 0 Å². The van der Waals surface area contributed by atoms with Crippen molar-refractivity contribution < 1.29 is 14.1 Å². The van der Waals surface area contributed by atoms with Gasteiger partial charge in [-0.1, -0.05) is 5.16 Å². The average molecular weight is 334 g/mol. The van der Waals surface area contributed by atoms with Gasteiger partial charge in [-0.15, -0.1) is 0 Å². The number of aryl methyl sites for hydroxylation is 1. The van der Waals surface area contributed by atoms with E-state index in [1.807, 2.05) is 11.8 Å². The van der Waals surface area contributed by atoms with E-state index in [9.17, 15) is 9.59 Å². The van der Waals surface area contributed by atoms with Crippen molar-refractivity contribution in [3.05, 3.63) is 11.7 Å². The summed E-state index contributed by atoms with van der Waals surface area (Å²) in [6.07, 6.45) is 3.96. The molecule has 2 aliphatic rings. The molecule has 0 aromatic carbocycles. The average Bonchev–Trinajstić information content (AvgIpc) is 3.00. The molecule has 1 atom stereocenters. The largest absolute Gasteiger partial charge is 0.342 e. The number of carbonyl (C=O) groups excluding carboxylic acids is 2. The lowest BCUT2D eigenvalue weighted by molar-refractivity contribution is -0.143. The Morgan fingerprint density at radius 2 is 2.04 bits per heavy atom. The minimum absolute atomic E-state index is 0.0287. The second-order valence-electron chi connectivity index (χ2n) is 6.87. The van der Waals surface area contributed by atoms with Crippen molar-refractivity contribution in [1.29, 1.82) is 0 Å². The van der Waals surface area contributed by atoms with Crippen molar-refractivity contribution in [2.24, 2.45) is 11.8 Å². The molecule has 3 rings (SSSR count). The number of nitrogens with zero attached hydrogens (tertiary/aromatic N) is 4. The maximum Gasteiger partial charge on any atom is 0.227 e. The van der Waals surface area contributed by atoms with Crippen LogP contribution >= 0.6 is 0 Å². The van der Waals surface area contributed by atoms with Crippen LogP contribution in [0.4, 0.5) is 0 Å². The van der Waals surface area contributed by atoms with Crippen LogP contribution in [0, 0.1) is 18.8 Å². The molecule has 1 aromatic rings. The van der Waals surface area contributed by atoms with E-state index in [1.54, 1.807) is 11.8 Å². The summed E-state index contributed by atoms with van der Waals surface area (Å²) in [6.45, 7) is 6.61. The first-order valence-electron chi connectivity index (χ1n) is 8.92. The smallest absolute Gasteiger partial charge is 0.227 e. The zero-order chi connectivity index (χ0) is 17.1. The minimum atomic E-state index is -0.0287. The van der Waals surface area contributed by atoms with Crippen molar-refractivity contribution in [2.75, 3.05) is 26.2 Å². The Morgan fingerprint density at radius 1 is 1.29 bits per heavy atom. The molecule has 0 aliphatic carbocycles. The summed E-state index contributed by atoms with van der Waals surface area (Å²) < 4.78 is 5.02. The van der Waals surface area contributed by atoms with Gasteiger partial charge in [0.15, 0.2) is 5.82 Å². The molecule has 0 radical (unpaired) electrons. The molecule has 0 N–H and O–H groups in total. The van der Waals surface area contributed by atoms with E-state index in [2.05, 4.69) is 10.1 Å². The molecule has 0 spiro atoms. The molecule has 0 unspecified atom stereocenters. The standard InChI is InChI=1S/C17H26N4O3/c1-3-20-11-14(4-5-16(20)22)17(23)21-8-6-13(7-9-21)10-15-18-12(2)24-19-15/h13-14H,3-11H2,1-2H3/t14-/m1/s1. The second kappa shape index (κ2) is 7.32. The lowest BCUT2D eigenvalue weighted by atomic mass is 9.91. The van der Waals surface area contributed by atoms with E-state index in [-0.39, 0.29) is 17.7 Å². The highest BCUT2D eigenvalue weighted by Gasteiger charge is 2.33. The minimum Gasteiger partial charge on any atom is -0.342 e. The summed E-state index contributed by atoms with van der Waals surface area (Å²) in [5, 5.41) is 3.96. The molecule has 2 fully saturated rings. The van der Waals surface area contributed by atoms with Gasteiger partial charge in [-0.05, 0) is 32.1 Å². The van der Waals surface area contributed by atoms with Crippen LogP contribution in [0.3, 0.4) is 0 Å². The highest BCUT2D eigenvalue weighted by molar-refractivity contribution is 5.83. The Labute approximate surface area is 142 Å². The van der Waals surface area contributed by atoms with Gasteiger partial charge in [-0.3, -0.25) is 9.59 Å². The predicted octanol–water partition coefficient (Wildman–Crippen LogP) is 1.42. The zero-order valence-electron chi connectivity index (χ0n) is 14.5. The third kappa shape index (κ3) is 3.76. The Bertz CT molecular complexity index is 592. The number of piperidine rings is 2. The van der Waals surface area contributed by atoms with Crippen molar-refractivity contribution in [2.45, 2.75) is 46.0 Å². The topological polar surface area (TPSA) is 79.5 Å². The van der Waals surface area contributed by atoms with Gasteiger partial charge in [-0.2, -0.15) is 4.98 Å². The summed E-state index contributed by atoms with van der Waals surface area (Å²) in [5.41, 5.74) is 0. The molecule has 1 aromatic heterocycles. The summed E-state index contributed by atoms with van der Waals surface area (Å²) in [7, 11) is 0. The number of rotatable bonds is 4. The van der Waals surface area contributed by atoms with E-state index in [1.165, 1.54) is 0 Å². The van der Waals surface area contributed by atoms with Crippen LogP contribution < -0.4 is 0 Å². The van der Waals surface area contributed by atoms with Gasteiger partial charge in [0, 0.05) is 45.9 Å². The molecular weight excluding hydrogens is 308 g/mol. The third-order valence-corrected chi connectivity index (χ3v) is 5.20. The van der Waals surface area contributed by atoms with Crippen LogP contribution in [0.25, 0.3) is 0 Å². The van der Waals surface area contributed by atoms with E-state index in [0.29, 0.717) is 37.7 Å². The summed E-state index contributed by atoms with van der Waals surface area (Å²) in [5.74, 6) is 2.24. The Hall–Kier alpha value is -1.92. The number of hydrogen-bond donors (Lipinski definition) is 0. The Kier molecular flexibility index (Phi) is 5.16. The van der Waals surface area contributed by atoms with Gasteiger partial charge in [-0.25, -0.2) is 0 Å². The SMILES string of the molecule is CCN1C[C@H](C(=O)N2CCC(Cc3noc(C)n3)CC2)CCC1=O. The highest BCUT2D eigenvalue weighted by atomic mass is 16.5. The molecule has 3 heterocycles. The molecule has 132 valence electrons. The molecule has 0 saturated carbocycles. The quantitative estimate of drug-likeness (QED) is 0.832. The van der Waals surface area contributed by atoms with Crippen LogP contribution in [0.2, 0.25) is 0 Å². The Morgan fingerprint density at radius 3 is 2.67 bits per heavy atom. The molecule has 24 heavy (non-hydrogen) atoms. The van der Waals surface area contributed by atoms with Gasteiger partial charge in [0.05, 0.1) is 5.92 Å². The van der Waals surface area contributed by atoms with Gasteiger partial charge >= 0.3 is 0 Å². The maximum absolute atomic E-state index is 12.7. The molecule has 0 bridgehead atoms. The van der Waals surface area contributed by atoms with E-state index >= 15 is 0 Å². The van der Waals surface area contributed by atoms with E-state index in [0.717, 1.165) is 38.2 Å². The van der Waals surface area contributed by atoms with E-state index < -0.39 is 0 Å². The number of hydrogen-bond acceptors (Lipinski definition) is 5. The fourth-order valence-electron chi connectivity index (χ4n) is 3.72. The third-order valence-electron chi connectivity index (χ3n) is 5.20. The van der Waals surface area contributed by atoms with Crippen LogP contribution in [0.15, 0.2) is 4.52 Å². The lowest BCUT2D eigenvalue weighted by Gasteiger charge is -2.37. The summed E-state index contributed by atoms with van der Waals surface area (Å²) in [4.78, 5) is 32.6. The molecule has 2 amide bonds. The van der Waals surface area contributed by atoms with Crippen molar-refractivity contribution in [3.63, 3.8) is 0 Å². The molecule has 2 saturated heterocycles. The number of likely N-dealkylation sites (tertiary alicyclic amines) is 2. The highest BCUT2D eigenvalue weighted by Crippen LogP contribution is 2.25.